The number of hydrogen-bond acceptors (Lipinski definition) is 11. The molecule has 10 rings (SSSR count). The fourth-order valence-corrected chi connectivity index (χ4v) is 10.4. The average molecular weight is 879 g/mol. The average Bonchev–Trinajstić information content (AvgIpc) is 3.89. The number of nitrogen functional groups attached to an aromatic ring is 1. The lowest BCUT2D eigenvalue weighted by atomic mass is 9.88. The molecule has 16 heteroatoms. The highest BCUT2D eigenvalue weighted by atomic mass is 19.1. The Kier molecular flexibility index (Phi) is 11.6. The lowest BCUT2D eigenvalue weighted by molar-refractivity contribution is -0.133. The number of fused-ring (bicyclic) bond motifs is 2. The number of halogens is 1. The summed E-state index contributed by atoms with van der Waals surface area (Å²) < 4.78 is 19.5. The summed E-state index contributed by atoms with van der Waals surface area (Å²) >= 11 is 0. The molecular weight excluding hydrogens is 824 g/mol. The molecule has 0 radical (unpaired) electrons. The fourth-order valence-electron chi connectivity index (χ4n) is 10.4. The zero-order chi connectivity index (χ0) is 44.8. The Morgan fingerprint density at radius 2 is 1.68 bits per heavy atom. The van der Waals surface area contributed by atoms with Crippen LogP contribution in [0.3, 0.4) is 0 Å². The number of piperidine rings is 3. The maximum absolute atomic E-state index is 15.3. The second kappa shape index (κ2) is 17.8. The number of aromatic nitrogens is 6. The minimum Gasteiger partial charge on any atom is -0.384 e. The molecule has 4 aliphatic heterocycles. The zero-order valence-corrected chi connectivity index (χ0v) is 36.9. The van der Waals surface area contributed by atoms with Crippen LogP contribution < -0.4 is 16.4 Å². The summed E-state index contributed by atoms with van der Waals surface area (Å²) in [6.45, 7) is 8.29. The third-order valence-electron chi connectivity index (χ3n) is 14.1. The van der Waals surface area contributed by atoms with Crippen LogP contribution in [0.4, 0.5) is 15.9 Å². The highest BCUT2D eigenvalue weighted by Gasteiger charge is 2.31. The van der Waals surface area contributed by atoms with E-state index in [1.807, 2.05) is 52.3 Å². The summed E-state index contributed by atoms with van der Waals surface area (Å²) in [4.78, 5) is 57.7. The molecule has 9 heterocycles. The van der Waals surface area contributed by atoms with Gasteiger partial charge in [-0.15, -0.1) is 0 Å². The predicted molar refractivity (Wildman–Crippen MR) is 245 cm³/mol. The molecule has 3 saturated heterocycles. The van der Waals surface area contributed by atoms with Crippen molar-refractivity contribution in [2.45, 2.75) is 89.0 Å². The first-order chi connectivity index (χ1) is 31.5. The van der Waals surface area contributed by atoms with Gasteiger partial charge in [-0.1, -0.05) is 12.1 Å². The SMILES string of the molecule is C[C@@H](c1cc2c(-c3ccc(N)nc3)ccnc2n1C)N1CCC(c2ccc(C(=O)N3CCn4nc(CN5CCC(c6ncc(NC7CCC(=O)NC7=O)cc6F)CC5)cc4C3)cc2)CC1. The number of likely N-dealkylation sites (tertiary alicyclic amines) is 2. The highest BCUT2D eigenvalue weighted by Crippen LogP contribution is 2.37. The summed E-state index contributed by atoms with van der Waals surface area (Å²) in [5, 5.41) is 11.3. The smallest absolute Gasteiger partial charge is 0.254 e. The third kappa shape index (κ3) is 8.72. The van der Waals surface area contributed by atoms with E-state index in [1.54, 1.807) is 6.20 Å². The number of nitrogens with zero attached hydrogens (tertiary/aromatic N) is 9. The van der Waals surface area contributed by atoms with E-state index in [4.69, 9.17) is 15.8 Å². The molecule has 0 saturated carbocycles. The molecule has 3 fully saturated rings. The van der Waals surface area contributed by atoms with Crippen molar-refractivity contribution in [3.63, 3.8) is 0 Å². The molecule has 0 aliphatic carbocycles. The molecule has 0 spiro atoms. The molecule has 0 bridgehead atoms. The van der Waals surface area contributed by atoms with Crippen molar-refractivity contribution < 1.29 is 18.8 Å². The number of nitrogens with one attached hydrogen (secondary N) is 2. The Bertz CT molecular complexity index is 2740. The Balaban J connectivity index is 0.698. The Hall–Kier alpha value is -6.52. The number of amides is 3. The number of carbonyl (C=O) groups excluding carboxylic acids is 3. The number of nitrogens with two attached hydrogens (primary N) is 1. The van der Waals surface area contributed by atoms with E-state index < -0.39 is 11.9 Å². The highest BCUT2D eigenvalue weighted by molar-refractivity contribution is 6.01. The summed E-state index contributed by atoms with van der Waals surface area (Å²) in [5.74, 6) is -0.106. The summed E-state index contributed by atoms with van der Waals surface area (Å²) in [7, 11) is 2.10. The van der Waals surface area contributed by atoms with E-state index in [1.165, 1.54) is 17.3 Å². The lowest BCUT2D eigenvalue weighted by Gasteiger charge is -2.36. The van der Waals surface area contributed by atoms with E-state index in [-0.39, 0.29) is 36.0 Å². The first-order valence-corrected chi connectivity index (χ1v) is 22.9. The van der Waals surface area contributed by atoms with Crippen LogP contribution >= 0.6 is 0 Å². The number of benzene rings is 1. The molecule has 15 nitrogen and oxygen atoms in total. The first kappa shape index (κ1) is 42.4. The van der Waals surface area contributed by atoms with Gasteiger partial charge in [-0.25, -0.2) is 14.4 Å². The van der Waals surface area contributed by atoms with Crippen LogP contribution in [0.15, 0.2) is 79.3 Å². The number of rotatable bonds is 10. The molecular formula is C49H55FN12O3. The molecule has 336 valence electrons. The van der Waals surface area contributed by atoms with Crippen LogP contribution in [0.5, 0.6) is 0 Å². The van der Waals surface area contributed by atoms with Gasteiger partial charge in [-0.3, -0.25) is 39.2 Å². The van der Waals surface area contributed by atoms with E-state index in [2.05, 4.69) is 73.2 Å². The summed E-state index contributed by atoms with van der Waals surface area (Å²) in [5.41, 5.74) is 15.0. The Labute approximate surface area is 377 Å². The number of aryl methyl sites for hydroxylation is 1. The van der Waals surface area contributed by atoms with E-state index in [0.29, 0.717) is 61.3 Å². The second-order valence-corrected chi connectivity index (χ2v) is 18.2. The van der Waals surface area contributed by atoms with Crippen molar-refractivity contribution in [1.29, 1.82) is 0 Å². The predicted octanol–water partition coefficient (Wildman–Crippen LogP) is 6.14. The number of pyridine rings is 3. The monoisotopic (exact) mass is 878 g/mol. The van der Waals surface area contributed by atoms with Crippen molar-refractivity contribution in [2.24, 2.45) is 7.05 Å². The maximum atomic E-state index is 15.3. The molecule has 1 aromatic carbocycles. The molecule has 4 aliphatic rings. The lowest BCUT2D eigenvalue weighted by Crippen LogP contribution is -2.47. The van der Waals surface area contributed by atoms with Gasteiger partial charge in [0.25, 0.3) is 5.91 Å². The van der Waals surface area contributed by atoms with Crippen molar-refractivity contribution in [3.8, 4) is 11.1 Å². The topological polar surface area (TPSA) is 172 Å². The van der Waals surface area contributed by atoms with Crippen LogP contribution in [-0.2, 0) is 36.3 Å². The van der Waals surface area contributed by atoms with Crippen LogP contribution in [-0.4, -0.2) is 100 Å². The molecule has 3 amide bonds. The van der Waals surface area contributed by atoms with Gasteiger partial charge in [-0.2, -0.15) is 5.10 Å². The number of imide groups is 1. The Morgan fingerprint density at radius 3 is 2.42 bits per heavy atom. The number of hydrogen-bond donors (Lipinski definition) is 3. The normalized spacial score (nSPS) is 19.6. The first-order valence-electron chi connectivity index (χ1n) is 22.9. The molecule has 65 heavy (non-hydrogen) atoms. The maximum Gasteiger partial charge on any atom is 0.254 e. The van der Waals surface area contributed by atoms with Crippen molar-refractivity contribution in [1.82, 2.24) is 49.3 Å². The summed E-state index contributed by atoms with van der Waals surface area (Å²) in [6.07, 6.45) is 9.51. The van der Waals surface area contributed by atoms with E-state index >= 15 is 4.39 Å². The van der Waals surface area contributed by atoms with Gasteiger partial charge in [0.15, 0.2) is 0 Å². The second-order valence-electron chi connectivity index (χ2n) is 18.2. The van der Waals surface area contributed by atoms with Crippen LogP contribution in [0.25, 0.3) is 22.2 Å². The van der Waals surface area contributed by atoms with Crippen LogP contribution in [0.1, 0.15) is 102 Å². The van der Waals surface area contributed by atoms with Crippen molar-refractivity contribution in [2.75, 3.05) is 43.8 Å². The van der Waals surface area contributed by atoms with Crippen LogP contribution in [0.2, 0.25) is 0 Å². The molecule has 5 aromatic heterocycles. The molecule has 4 N–H and O–H groups in total. The quantitative estimate of drug-likeness (QED) is 0.135. The number of carbonyl (C=O) groups is 3. The van der Waals surface area contributed by atoms with Crippen molar-refractivity contribution in [3.05, 3.63) is 119 Å². The summed E-state index contributed by atoms with van der Waals surface area (Å²) in [6, 6.07) is 19.6. The number of anilines is 2. The minimum absolute atomic E-state index is 0.00309. The van der Waals surface area contributed by atoms with Crippen molar-refractivity contribution >= 4 is 40.3 Å². The molecule has 6 aromatic rings. The van der Waals surface area contributed by atoms with Gasteiger partial charge in [0, 0.05) is 79.2 Å². The van der Waals surface area contributed by atoms with E-state index in [9.17, 15) is 14.4 Å². The van der Waals surface area contributed by atoms with Gasteiger partial charge in [0.05, 0.1) is 42.1 Å². The third-order valence-corrected chi connectivity index (χ3v) is 14.1. The standard InChI is InChI=1S/C49H55FN12O3/c1-30(43-25-40-39(11-16-52-47(40)58(43)2)35-7-9-44(51)53-26-35)60-19-14-32(15-20-60)31-3-5-34(6-4-31)49(65)61-21-22-62-38(29-61)23-37(57-62)28-59-17-12-33(13-18-59)46-41(50)24-36(27-54-46)55-42-8-10-45(63)56-48(42)64/h3-7,9,11,16,23-27,30,32-33,42,55H,8,10,12-15,17-22,28-29H2,1-2H3,(H2,51,53)(H,56,63,64)/t30-,42?/m0/s1. The Morgan fingerprint density at radius 1 is 0.892 bits per heavy atom. The van der Waals surface area contributed by atoms with Gasteiger partial charge < -0.3 is 20.5 Å². The van der Waals surface area contributed by atoms with Crippen LogP contribution in [0, 0.1) is 5.82 Å². The largest absolute Gasteiger partial charge is 0.384 e. The fraction of sp³-hybridized carbons (Fsp3) is 0.408. The van der Waals surface area contributed by atoms with Gasteiger partial charge in [-0.05, 0) is 125 Å². The van der Waals surface area contributed by atoms with E-state index in [0.717, 1.165) is 85.4 Å². The minimum atomic E-state index is -0.591. The molecule has 2 atom stereocenters. The van der Waals surface area contributed by atoms with Gasteiger partial charge in [0.1, 0.15) is 23.3 Å². The van der Waals surface area contributed by atoms with Gasteiger partial charge in [0.2, 0.25) is 11.8 Å². The molecule has 1 unspecified atom stereocenters. The zero-order valence-electron chi connectivity index (χ0n) is 36.9. The van der Waals surface area contributed by atoms with Gasteiger partial charge >= 0.3 is 0 Å².